The number of imidazole rings is 1. The molecule has 0 aliphatic heterocycles. The van der Waals surface area contributed by atoms with Crippen LogP contribution in [0.3, 0.4) is 0 Å². The van der Waals surface area contributed by atoms with E-state index in [0.29, 0.717) is 21.1 Å². The van der Waals surface area contributed by atoms with Gasteiger partial charge in [0.1, 0.15) is 11.3 Å². The molecule has 0 spiro atoms. The summed E-state index contributed by atoms with van der Waals surface area (Å²) in [7, 11) is 0. The first-order valence-electron chi connectivity index (χ1n) is 6.24. The van der Waals surface area contributed by atoms with Crippen LogP contribution in [0.15, 0.2) is 36.4 Å². The number of hydrogen-bond acceptors (Lipinski definition) is 4. The number of aromatic nitrogens is 2. The maximum absolute atomic E-state index is 13.7. The van der Waals surface area contributed by atoms with Gasteiger partial charge in [0.2, 0.25) is 0 Å². The van der Waals surface area contributed by atoms with Gasteiger partial charge in [-0.05, 0) is 30.3 Å². The van der Waals surface area contributed by atoms with Gasteiger partial charge < -0.3 is 10.7 Å². The number of amidine groups is 1. The Morgan fingerprint density at radius 3 is 2.86 bits per heavy atom. The van der Waals surface area contributed by atoms with Crippen LogP contribution in [0.5, 0.6) is 0 Å². The molecule has 0 radical (unpaired) electrons. The summed E-state index contributed by atoms with van der Waals surface area (Å²) in [4.78, 5) is 6.71. The molecule has 6 nitrogen and oxygen atoms in total. The van der Waals surface area contributed by atoms with Crippen molar-refractivity contribution in [2.45, 2.75) is 0 Å². The Morgan fingerprint density at radius 2 is 2.14 bits per heavy atom. The highest BCUT2D eigenvalue weighted by Gasteiger charge is 2.18. The Balaban J connectivity index is 2.08. The number of nitrogens with one attached hydrogen (secondary N) is 2. The van der Waals surface area contributed by atoms with E-state index in [1.807, 2.05) is 0 Å². The quantitative estimate of drug-likeness (QED) is 0.331. The standard InChI is InChI=1S/C14H11ClFN5O/c15-7-2-1-3-9(4-7)21(22)13(17)10-5-8(16)6-11-12(10)20-14(18)19-11/h1-6,17,22H,(H3,18,19,20). The molecule has 0 aliphatic rings. The van der Waals surface area contributed by atoms with Gasteiger partial charge >= 0.3 is 0 Å². The average molecular weight is 320 g/mol. The highest BCUT2D eigenvalue weighted by molar-refractivity contribution is 6.31. The number of nitrogens with zero attached hydrogens (tertiary/aromatic N) is 2. The number of aromatic amines is 1. The molecule has 2 aromatic carbocycles. The number of nitrogens with two attached hydrogens (primary N) is 1. The second kappa shape index (κ2) is 5.28. The summed E-state index contributed by atoms with van der Waals surface area (Å²) in [6.45, 7) is 0. The topological polar surface area (TPSA) is 102 Å². The first kappa shape index (κ1) is 14.3. The molecule has 0 atom stereocenters. The van der Waals surface area contributed by atoms with Gasteiger partial charge in [-0.15, -0.1) is 0 Å². The lowest BCUT2D eigenvalue weighted by molar-refractivity contribution is 0.312. The Bertz CT molecular complexity index is 879. The van der Waals surface area contributed by atoms with Crippen molar-refractivity contribution in [2.24, 2.45) is 0 Å². The van der Waals surface area contributed by atoms with Crippen molar-refractivity contribution in [3.8, 4) is 0 Å². The van der Waals surface area contributed by atoms with Crippen LogP contribution in [-0.4, -0.2) is 21.0 Å². The number of halogens is 2. The summed E-state index contributed by atoms with van der Waals surface area (Å²) in [6, 6.07) is 8.63. The molecule has 0 bridgehead atoms. The summed E-state index contributed by atoms with van der Waals surface area (Å²) in [5.41, 5.74) is 6.58. The van der Waals surface area contributed by atoms with Crippen LogP contribution in [0.25, 0.3) is 11.0 Å². The second-order valence-corrected chi connectivity index (χ2v) is 5.05. The minimum atomic E-state index is -0.574. The molecule has 0 saturated carbocycles. The minimum absolute atomic E-state index is 0.0990. The molecule has 0 fully saturated rings. The fourth-order valence-corrected chi connectivity index (χ4v) is 2.32. The highest BCUT2D eigenvalue weighted by atomic mass is 35.5. The summed E-state index contributed by atoms with van der Waals surface area (Å²) < 4.78 is 13.7. The molecule has 3 rings (SSSR count). The van der Waals surface area contributed by atoms with Gasteiger partial charge in [0.25, 0.3) is 0 Å². The number of rotatable bonds is 2. The van der Waals surface area contributed by atoms with Crippen LogP contribution in [0.2, 0.25) is 5.02 Å². The number of hydroxylamine groups is 1. The van der Waals surface area contributed by atoms with Crippen LogP contribution < -0.4 is 10.8 Å². The van der Waals surface area contributed by atoms with Gasteiger partial charge in [-0.2, -0.15) is 0 Å². The molecular formula is C14H11ClFN5O. The Kier molecular flexibility index (Phi) is 3.44. The zero-order valence-electron chi connectivity index (χ0n) is 11.1. The molecule has 3 aromatic rings. The van der Waals surface area contributed by atoms with Crippen LogP contribution in [0.1, 0.15) is 5.56 Å². The minimum Gasteiger partial charge on any atom is -0.369 e. The third-order valence-electron chi connectivity index (χ3n) is 3.09. The number of fused-ring (bicyclic) bond motifs is 1. The van der Waals surface area contributed by atoms with Crippen molar-refractivity contribution in [2.75, 3.05) is 10.8 Å². The smallest absolute Gasteiger partial charge is 0.198 e. The van der Waals surface area contributed by atoms with Crippen LogP contribution in [-0.2, 0) is 0 Å². The number of nitrogen functional groups attached to an aromatic ring is 1. The van der Waals surface area contributed by atoms with Crippen molar-refractivity contribution in [3.05, 3.63) is 52.8 Å². The van der Waals surface area contributed by atoms with Crippen molar-refractivity contribution < 1.29 is 9.60 Å². The van der Waals surface area contributed by atoms with Gasteiger partial charge in [-0.25, -0.2) is 14.4 Å². The lowest BCUT2D eigenvalue weighted by atomic mass is 10.1. The van der Waals surface area contributed by atoms with Gasteiger partial charge in [-0.1, -0.05) is 17.7 Å². The normalized spacial score (nSPS) is 10.9. The van der Waals surface area contributed by atoms with Crippen LogP contribution >= 0.6 is 11.6 Å². The summed E-state index contributed by atoms with van der Waals surface area (Å²) in [5.74, 6) is -0.824. The zero-order valence-corrected chi connectivity index (χ0v) is 11.9. The number of H-pyrrole nitrogens is 1. The predicted molar refractivity (Wildman–Crippen MR) is 83.0 cm³/mol. The van der Waals surface area contributed by atoms with E-state index >= 15 is 0 Å². The lowest BCUT2D eigenvalue weighted by Crippen LogP contribution is -2.27. The molecule has 5 N–H and O–H groups in total. The SMILES string of the molecule is N=C(c1cc(F)cc2[nH]c(N)nc12)N(O)c1cccc(Cl)c1. The summed E-state index contributed by atoms with van der Waals surface area (Å²) >= 11 is 5.86. The van der Waals surface area contributed by atoms with E-state index in [0.717, 1.165) is 6.07 Å². The first-order valence-corrected chi connectivity index (χ1v) is 6.62. The van der Waals surface area contributed by atoms with Gasteiger partial charge in [0.15, 0.2) is 11.8 Å². The molecule has 8 heteroatoms. The number of benzene rings is 2. The van der Waals surface area contributed by atoms with E-state index in [2.05, 4.69) is 9.97 Å². The molecule has 0 saturated heterocycles. The molecule has 0 unspecified atom stereocenters. The predicted octanol–water partition coefficient (Wildman–Crippen LogP) is 3.16. The highest BCUT2D eigenvalue weighted by Crippen LogP contribution is 2.24. The van der Waals surface area contributed by atoms with Gasteiger partial charge in [0.05, 0.1) is 11.2 Å². The van der Waals surface area contributed by atoms with Crippen LogP contribution in [0, 0.1) is 11.2 Å². The van der Waals surface area contributed by atoms with E-state index in [1.54, 1.807) is 18.2 Å². The fourth-order valence-electron chi connectivity index (χ4n) is 2.13. The Labute approximate surface area is 129 Å². The van der Waals surface area contributed by atoms with Gasteiger partial charge in [0, 0.05) is 10.6 Å². The van der Waals surface area contributed by atoms with Crippen LogP contribution in [0.4, 0.5) is 16.0 Å². The Morgan fingerprint density at radius 1 is 1.36 bits per heavy atom. The van der Waals surface area contributed by atoms with Crippen molar-refractivity contribution in [1.82, 2.24) is 9.97 Å². The summed E-state index contributed by atoms with van der Waals surface area (Å²) in [6.07, 6.45) is 0. The van der Waals surface area contributed by atoms with Crippen molar-refractivity contribution in [3.63, 3.8) is 0 Å². The maximum atomic E-state index is 13.7. The van der Waals surface area contributed by atoms with E-state index in [-0.39, 0.29) is 23.0 Å². The van der Waals surface area contributed by atoms with E-state index in [9.17, 15) is 9.60 Å². The third kappa shape index (κ3) is 2.47. The molecular weight excluding hydrogens is 309 g/mol. The fraction of sp³-hybridized carbons (Fsp3) is 0. The molecule has 0 aliphatic carbocycles. The molecule has 112 valence electrons. The van der Waals surface area contributed by atoms with E-state index < -0.39 is 5.82 Å². The average Bonchev–Trinajstić information content (AvgIpc) is 2.84. The van der Waals surface area contributed by atoms with Gasteiger partial charge in [-0.3, -0.25) is 10.6 Å². The van der Waals surface area contributed by atoms with E-state index in [1.165, 1.54) is 12.1 Å². The third-order valence-corrected chi connectivity index (χ3v) is 3.32. The summed E-state index contributed by atoms with van der Waals surface area (Å²) in [5, 5.41) is 19.3. The van der Waals surface area contributed by atoms with E-state index in [4.69, 9.17) is 22.7 Å². The zero-order chi connectivity index (χ0) is 15.9. The largest absolute Gasteiger partial charge is 0.369 e. The molecule has 22 heavy (non-hydrogen) atoms. The second-order valence-electron chi connectivity index (χ2n) is 4.61. The van der Waals surface area contributed by atoms with Crippen molar-refractivity contribution >= 4 is 40.1 Å². The molecule has 0 amide bonds. The molecule has 1 aromatic heterocycles. The first-order chi connectivity index (χ1) is 10.5. The molecule has 1 heterocycles. The lowest BCUT2D eigenvalue weighted by Gasteiger charge is -2.18. The van der Waals surface area contributed by atoms with Crippen molar-refractivity contribution in [1.29, 1.82) is 5.41 Å². The Hall–Kier alpha value is -2.64. The number of anilines is 2. The maximum Gasteiger partial charge on any atom is 0.198 e. The monoisotopic (exact) mass is 319 g/mol. The number of hydrogen-bond donors (Lipinski definition) is 4.